The van der Waals surface area contributed by atoms with Crippen molar-refractivity contribution in [3.8, 4) is 5.75 Å². The summed E-state index contributed by atoms with van der Waals surface area (Å²) in [6.45, 7) is 2.31. The van der Waals surface area contributed by atoms with Gasteiger partial charge in [-0.15, -0.1) is 0 Å². The predicted molar refractivity (Wildman–Crippen MR) is 92.6 cm³/mol. The van der Waals surface area contributed by atoms with Crippen molar-refractivity contribution in [2.24, 2.45) is 5.84 Å². The van der Waals surface area contributed by atoms with E-state index in [1.165, 1.54) is 0 Å². The third-order valence-corrected chi connectivity index (χ3v) is 3.97. The molecule has 2 aromatic rings. The Kier molecular flexibility index (Phi) is 6.34. The van der Waals surface area contributed by atoms with E-state index in [9.17, 15) is 9.59 Å². The second-order valence-electron chi connectivity index (χ2n) is 5.60. The molecule has 0 aliphatic carbocycles. The number of carbonyl (C=O) groups is 2. The number of fused-ring (bicyclic) bond motifs is 1. The molecular formula is C17H24N4O3. The molecule has 1 aromatic carbocycles. The van der Waals surface area contributed by atoms with E-state index in [2.05, 4.69) is 15.7 Å². The number of ketones is 1. The lowest BCUT2D eigenvalue weighted by Crippen LogP contribution is -2.48. The summed E-state index contributed by atoms with van der Waals surface area (Å²) >= 11 is 0. The smallest absolute Gasteiger partial charge is 0.289 e. The highest BCUT2D eigenvalue weighted by Gasteiger charge is 2.23. The highest BCUT2D eigenvalue weighted by Crippen LogP contribution is 2.23. The van der Waals surface area contributed by atoms with Gasteiger partial charge in [-0.2, -0.15) is 0 Å². The van der Waals surface area contributed by atoms with Crippen LogP contribution in [-0.4, -0.2) is 36.4 Å². The Balaban J connectivity index is 1.92. The van der Waals surface area contributed by atoms with E-state index in [4.69, 9.17) is 10.6 Å². The molecule has 0 aliphatic rings. The maximum Gasteiger partial charge on any atom is 0.289 e. The molecule has 130 valence electrons. The average molecular weight is 332 g/mol. The third-order valence-electron chi connectivity index (χ3n) is 3.97. The normalized spacial score (nSPS) is 12.1. The molecule has 1 aromatic heterocycles. The zero-order valence-electron chi connectivity index (χ0n) is 14.0. The molecule has 7 heteroatoms. The number of benzene rings is 1. The molecule has 0 radical (unpaired) electrons. The maximum atomic E-state index is 12.0. The third kappa shape index (κ3) is 4.12. The molecule has 5 N–H and O–H groups in total. The van der Waals surface area contributed by atoms with Crippen molar-refractivity contribution >= 4 is 22.6 Å². The minimum Gasteiger partial charge on any atom is -0.497 e. The Hall–Kier alpha value is -2.38. The summed E-state index contributed by atoms with van der Waals surface area (Å²) in [5.41, 5.74) is 4.44. The molecule has 7 nitrogen and oxygen atoms in total. The molecule has 1 atom stereocenters. The van der Waals surface area contributed by atoms with Gasteiger partial charge in [0.15, 0.2) is 0 Å². The van der Waals surface area contributed by atoms with Crippen LogP contribution >= 0.6 is 0 Å². The lowest BCUT2D eigenvalue weighted by Gasteiger charge is -2.13. The molecule has 1 heterocycles. The van der Waals surface area contributed by atoms with Crippen LogP contribution in [0.5, 0.6) is 5.75 Å². The maximum absolute atomic E-state index is 12.0. The van der Waals surface area contributed by atoms with Crippen molar-refractivity contribution in [1.82, 2.24) is 15.7 Å². The first-order valence-electron chi connectivity index (χ1n) is 8.02. The zero-order valence-corrected chi connectivity index (χ0v) is 14.0. The van der Waals surface area contributed by atoms with E-state index in [1.807, 2.05) is 31.3 Å². The minimum absolute atomic E-state index is 0.382. The first-order chi connectivity index (χ1) is 11.6. The van der Waals surface area contributed by atoms with Gasteiger partial charge in [0.1, 0.15) is 5.75 Å². The van der Waals surface area contributed by atoms with Crippen molar-refractivity contribution in [2.75, 3.05) is 13.7 Å². The van der Waals surface area contributed by atoms with Gasteiger partial charge in [-0.05, 0) is 30.5 Å². The standard InChI is InChI=1S/C17H24N4O3/c1-3-4-14(21-18)16(22)17(23)19-8-7-11-10-20-15-9-12(24-2)5-6-13(11)15/h5-6,9-10,14,20-21H,3-4,7-8,18H2,1-2H3,(H,19,23). The molecule has 0 saturated carbocycles. The van der Waals surface area contributed by atoms with Crippen LogP contribution in [0, 0.1) is 0 Å². The number of H-pyrrole nitrogens is 1. The van der Waals surface area contributed by atoms with Crippen LogP contribution in [0.3, 0.4) is 0 Å². The number of carbonyl (C=O) groups excluding carboxylic acids is 2. The van der Waals surface area contributed by atoms with E-state index in [-0.39, 0.29) is 0 Å². The fourth-order valence-corrected chi connectivity index (χ4v) is 2.63. The number of Topliss-reactive ketones (excluding diaryl/α,β-unsaturated/α-hetero) is 1. The van der Waals surface area contributed by atoms with E-state index in [0.29, 0.717) is 19.4 Å². The second-order valence-corrected chi connectivity index (χ2v) is 5.60. The van der Waals surface area contributed by atoms with Gasteiger partial charge >= 0.3 is 0 Å². The quantitative estimate of drug-likeness (QED) is 0.312. The zero-order chi connectivity index (χ0) is 17.5. The number of aromatic amines is 1. The molecule has 1 amide bonds. The van der Waals surface area contributed by atoms with Gasteiger partial charge in [0.05, 0.1) is 13.2 Å². The highest BCUT2D eigenvalue weighted by atomic mass is 16.5. The number of methoxy groups -OCH3 is 1. The Morgan fingerprint density at radius 3 is 2.83 bits per heavy atom. The summed E-state index contributed by atoms with van der Waals surface area (Å²) in [5.74, 6) is 4.98. The van der Waals surface area contributed by atoms with E-state index in [1.54, 1.807) is 7.11 Å². The summed E-state index contributed by atoms with van der Waals surface area (Å²) < 4.78 is 5.19. The monoisotopic (exact) mass is 332 g/mol. The Bertz CT molecular complexity index is 711. The predicted octanol–water partition coefficient (Wildman–Crippen LogP) is 1.04. The number of hydrazine groups is 1. The lowest BCUT2D eigenvalue weighted by molar-refractivity contribution is -0.139. The van der Waals surface area contributed by atoms with Gasteiger partial charge in [-0.25, -0.2) is 5.43 Å². The lowest BCUT2D eigenvalue weighted by atomic mass is 10.1. The first-order valence-corrected chi connectivity index (χ1v) is 8.02. The van der Waals surface area contributed by atoms with Crippen LogP contribution in [0.25, 0.3) is 10.9 Å². The summed E-state index contributed by atoms with van der Waals surface area (Å²) in [6.07, 6.45) is 3.83. The molecule has 0 spiro atoms. The summed E-state index contributed by atoms with van der Waals surface area (Å²) in [7, 11) is 1.62. The second kappa shape index (κ2) is 8.47. The van der Waals surface area contributed by atoms with Crippen molar-refractivity contribution in [1.29, 1.82) is 0 Å². The van der Waals surface area contributed by atoms with E-state index in [0.717, 1.165) is 28.6 Å². The van der Waals surface area contributed by atoms with Crippen molar-refractivity contribution in [2.45, 2.75) is 32.2 Å². The number of rotatable bonds is 9. The SMILES string of the molecule is CCCC(NN)C(=O)C(=O)NCCc1c[nH]c2cc(OC)ccc12. The van der Waals surface area contributed by atoms with Gasteiger partial charge in [-0.1, -0.05) is 13.3 Å². The van der Waals surface area contributed by atoms with Gasteiger partial charge in [0.2, 0.25) is 5.78 Å². The number of nitrogens with one attached hydrogen (secondary N) is 3. The van der Waals surface area contributed by atoms with Crippen LogP contribution in [0.15, 0.2) is 24.4 Å². The van der Waals surface area contributed by atoms with Crippen LogP contribution < -0.4 is 21.3 Å². The summed E-state index contributed by atoms with van der Waals surface area (Å²) in [4.78, 5) is 27.1. The fourth-order valence-electron chi connectivity index (χ4n) is 2.63. The van der Waals surface area contributed by atoms with Crippen molar-refractivity contribution in [3.63, 3.8) is 0 Å². The molecule has 1 unspecified atom stereocenters. The van der Waals surface area contributed by atoms with Gasteiger partial charge in [0, 0.05) is 29.7 Å². The number of ether oxygens (including phenoxy) is 1. The number of hydrogen-bond acceptors (Lipinski definition) is 5. The van der Waals surface area contributed by atoms with Gasteiger partial charge in [0.25, 0.3) is 5.91 Å². The molecule has 0 aliphatic heterocycles. The molecule has 2 rings (SSSR count). The molecule has 24 heavy (non-hydrogen) atoms. The highest BCUT2D eigenvalue weighted by molar-refractivity contribution is 6.38. The van der Waals surface area contributed by atoms with Gasteiger partial charge in [-0.3, -0.25) is 15.4 Å². The Morgan fingerprint density at radius 1 is 1.38 bits per heavy atom. The number of nitrogens with two attached hydrogens (primary N) is 1. The largest absolute Gasteiger partial charge is 0.497 e. The number of hydrogen-bond donors (Lipinski definition) is 4. The van der Waals surface area contributed by atoms with E-state index < -0.39 is 17.7 Å². The Morgan fingerprint density at radius 2 is 2.17 bits per heavy atom. The minimum atomic E-state index is -0.629. The topological polar surface area (TPSA) is 109 Å². The Labute approximate surface area is 140 Å². The van der Waals surface area contributed by atoms with Crippen LogP contribution in [0.2, 0.25) is 0 Å². The van der Waals surface area contributed by atoms with Crippen molar-refractivity contribution in [3.05, 3.63) is 30.0 Å². The van der Waals surface area contributed by atoms with Crippen LogP contribution in [0.4, 0.5) is 0 Å². The molecule has 0 fully saturated rings. The van der Waals surface area contributed by atoms with Crippen LogP contribution in [0.1, 0.15) is 25.3 Å². The molecular weight excluding hydrogens is 308 g/mol. The fraction of sp³-hybridized carbons (Fsp3) is 0.412. The first kappa shape index (κ1) is 18.0. The average Bonchev–Trinajstić information content (AvgIpc) is 3.01. The van der Waals surface area contributed by atoms with E-state index >= 15 is 0 Å². The molecule has 0 bridgehead atoms. The van der Waals surface area contributed by atoms with Gasteiger partial charge < -0.3 is 15.0 Å². The molecule has 0 saturated heterocycles. The van der Waals surface area contributed by atoms with Crippen LogP contribution in [-0.2, 0) is 16.0 Å². The van der Waals surface area contributed by atoms with Crippen molar-refractivity contribution < 1.29 is 14.3 Å². The number of amides is 1. The summed E-state index contributed by atoms with van der Waals surface area (Å²) in [6, 6.07) is 5.16. The number of aromatic nitrogens is 1. The summed E-state index contributed by atoms with van der Waals surface area (Å²) in [5, 5.41) is 3.73.